The Bertz CT molecular complexity index is 778. The highest BCUT2D eigenvalue weighted by molar-refractivity contribution is 6.08. The minimum atomic E-state index is -0.226. The van der Waals surface area contributed by atoms with Crippen LogP contribution in [-0.2, 0) is 4.79 Å². The molecule has 1 N–H and O–H groups in total. The molecule has 5 heteroatoms. The number of carbonyl (C=O) groups excluding carboxylic acids is 2. The Morgan fingerprint density at radius 2 is 2.00 bits per heavy atom. The summed E-state index contributed by atoms with van der Waals surface area (Å²) in [5.74, 6) is 0.957. The fraction of sp³-hybridized carbons (Fsp3) is 0.111. The van der Waals surface area contributed by atoms with Crippen LogP contribution in [0.2, 0.25) is 0 Å². The molecule has 0 unspecified atom stereocenters. The lowest BCUT2D eigenvalue weighted by atomic mass is 10.1. The molecule has 1 heterocycles. The van der Waals surface area contributed by atoms with Crippen molar-refractivity contribution in [2.75, 3.05) is 19.0 Å². The minimum absolute atomic E-state index is 0.00232. The highest BCUT2D eigenvalue weighted by atomic mass is 16.5. The third-order valence-electron chi connectivity index (χ3n) is 3.44. The number of anilines is 1. The zero-order valence-electron chi connectivity index (χ0n) is 12.5. The van der Waals surface area contributed by atoms with Gasteiger partial charge in [0.2, 0.25) is 0 Å². The summed E-state index contributed by atoms with van der Waals surface area (Å²) in [6.07, 6.45) is 3.23. The highest BCUT2D eigenvalue weighted by Gasteiger charge is 2.17. The summed E-state index contributed by atoms with van der Waals surface area (Å²) in [4.78, 5) is 23.6. The average Bonchev–Trinajstić information content (AvgIpc) is 2.59. The first-order valence-electron chi connectivity index (χ1n) is 7.09. The summed E-state index contributed by atoms with van der Waals surface area (Å²) in [6, 6.07) is 12.4. The van der Waals surface area contributed by atoms with Gasteiger partial charge in [-0.2, -0.15) is 0 Å². The highest BCUT2D eigenvalue weighted by Crippen LogP contribution is 2.28. The molecule has 0 saturated carbocycles. The van der Waals surface area contributed by atoms with Crippen molar-refractivity contribution in [1.82, 2.24) is 0 Å². The van der Waals surface area contributed by atoms with E-state index in [0.717, 1.165) is 11.3 Å². The van der Waals surface area contributed by atoms with Gasteiger partial charge in [-0.15, -0.1) is 0 Å². The Balaban J connectivity index is 1.76. The van der Waals surface area contributed by atoms with Crippen molar-refractivity contribution in [3.05, 3.63) is 59.7 Å². The minimum Gasteiger partial charge on any atom is -0.497 e. The molecular weight excluding hydrogens is 294 g/mol. The molecule has 0 saturated heterocycles. The van der Waals surface area contributed by atoms with E-state index in [1.165, 1.54) is 6.08 Å². The second-order valence-corrected chi connectivity index (χ2v) is 5.02. The predicted octanol–water partition coefficient (Wildman–Crippen LogP) is 2.92. The van der Waals surface area contributed by atoms with Crippen LogP contribution < -0.4 is 14.8 Å². The molecule has 0 fully saturated rings. The number of fused-ring (bicyclic) bond motifs is 1. The quantitative estimate of drug-likeness (QED) is 0.696. The summed E-state index contributed by atoms with van der Waals surface area (Å²) < 4.78 is 10.4. The van der Waals surface area contributed by atoms with Crippen LogP contribution in [0.3, 0.4) is 0 Å². The largest absolute Gasteiger partial charge is 0.497 e. The van der Waals surface area contributed by atoms with Crippen molar-refractivity contribution < 1.29 is 19.1 Å². The molecule has 0 radical (unpaired) electrons. The van der Waals surface area contributed by atoms with Crippen LogP contribution in [0, 0.1) is 0 Å². The summed E-state index contributed by atoms with van der Waals surface area (Å²) in [5, 5.41) is 2.69. The monoisotopic (exact) mass is 309 g/mol. The van der Waals surface area contributed by atoms with E-state index in [0.29, 0.717) is 17.0 Å². The molecular formula is C18H15NO4. The van der Waals surface area contributed by atoms with E-state index >= 15 is 0 Å². The Morgan fingerprint density at radius 1 is 1.22 bits per heavy atom. The van der Waals surface area contributed by atoms with Crippen LogP contribution >= 0.6 is 0 Å². The lowest BCUT2D eigenvalue weighted by Crippen LogP contribution is -2.25. The standard InChI is InChI=1S/C18H15NO4/c1-22-14-6-2-12(3-7-14)4-8-16(20)13-5-9-17-15(10-13)19-18(21)11-23-17/h2-10H,11H2,1H3,(H,19,21)/b8-4+. The van der Waals surface area contributed by atoms with Crippen molar-refractivity contribution in [2.24, 2.45) is 0 Å². The maximum absolute atomic E-state index is 12.2. The summed E-state index contributed by atoms with van der Waals surface area (Å²) in [6.45, 7) is -0.00232. The van der Waals surface area contributed by atoms with E-state index in [9.17, 15) is 9.59 Å². The SMILES string of the molecule is COc1ccc(/C=C/C(=O)c2ccc3c(c2)NC(=O)CO3)cc1. The molecule has 116 valence electrons. The molecule has 2 aromatic carbocycles. The van der Waals surface area contributed by atoms with Crippen molar-refractivity contribution in [1.29, 1.82) is 0 Å². The first-order chi connectivity index (χ1) is 11.2. The topological polar surface area (TPSA) is 64.6 Å². The zero-order chi connectivity index (χ0) is 16.2. The van der Waals surface area contributed by atoms with E-state index in [4.69, 9.17) is 9.47 Å². The van der Waals surface area contributed by atoms with Gasteiger partial charge in [-0.25, -0.2) is 0 Å². The van der Waals surface area contributed by atoms with Gasteiger partial charge in [-0.1, -0.05) is 18.2 Å². The summed E-state index contributed by atoms with van der Waals surface area (Å²) in [7, 11) is 1.60. The number of methoxy groups -OCH3 is 1. The number of hydrogen-bond acceptors (Lipinski definition) is 4. The molecule has 0 aromatic heterocycles. The molecule has 0 spiro atoms. The molecule has 0 bridgehead atoms. The van der Waals surface area contributed by atoms with Crippen LogP contribution in [0.5, 0.6) is 11.5 Å². The Kier molecular flexibility index (Phi) is 4.10. The van der Waals surface area contributed by atoms with E-state index in [2.05, 4.69) is 5.32 Å². The lowest BCUT2D eigenvalue weighted by molar-refractivity contribution is -0.118. The molecule has 1 amide bonds. The molecule has 1 aliphatic heterocycles. The Morgan fingerprint density at radius 3 is 2.74 bits per heavy atom. The van der Waals surface area contributed by atoms with Crippen LogP contribution in [0.15, 0.2) is 48.5 Å². The average molecular weight is 309 g/mol. The van der Waals surface area contributed by atoms with Gasteiger partial charge in [0.25, 0.3) is 5.91 Å². The summed E-state index contributed by atoms with van der Waals surface area (Å²) >= 11 is 0. The molecule has 2 aromatic rings. The van der Waals surface area contributed by atoms with Crippen LogP contribution in [0.4, 0.5) is 5.69 Å². The molecule has 1 aliphatic rings. The Hall–Kier alpha value is -3.08. The second kappa shape index (κ2) is 6.36. The first-order valence-corrected chi connectivity index (χ1v) is 7.09. The van der Waals surface area contributed by atoms with Gasteiger partial charge in [0.15, 0.2) is 12.4 Å². The van der Waals surface area contributed by atoms with Gasteiger partial charge in [0, 0.05) is 5.56 Å². The van der Waals surface area contributed by atoms with E-state index in [1.54, 1.807) is 31.4 Å². The van der Waals surface area contributed by atoms with Crippen molar-refractivity contribution in [3.8, 4) is 11.5 Å². The number of hydrogen-bond donors (Lipinski definition) is 1. The number of amides is 1. The molecule has 3 rings (SSSR count). The maximum atomic E-state index is 12.2. The van der Waals surface area contributed by atoms with Gasteiger partial charge >= 0.3 is 0 Å². The molecule has 23 heavy (non-hydrogen) atoms. The second-order valence-electron chi connectivity index (χ2n) is 5.02. The van der Waals surface area contributed by atoms with Gasteiger partial charge in [0.05, 0.1) is 12.8 Å². The van der Waals surface area contributed by atoms with Gasteiger partial charge < -0.3 is 14.8 Å². The first kappa shape index (κ1) is 14.8. The number of nitrogens with one attached hydrogen (secondary N) is 1. The zero-order valence-corrected chi connectivity index (χ0v) is 12.5. The van der Waals surface area contributed by atoms with E-state index < -0.39 is 0 Å². The van der Waals surface area contributed by atoms with Crippen molar-refractivity contribution in [2.45, 2.75) is 0 Å². The number of rotatable bonds is 4. The van der Waals surface area contributed by atoms with Crippen molar-refractivity contribution in [3.63, 3.8) is 0 Å². The van der Waals surface area contributed by atoms with E-state index in [-0.39, 0.29) is 18.3 Å². The number of allylic oxidation sites excluding steroid dienone is 1. The van der Waals surface area contributed by atoms with E-state index in [1.807, 2.05) is 24.3 Å². The smallest absolute Gasteiger partial charge is 0.262 e. The molecule has 5 nitrogen and oxygen atoms in total. The van der Waals surface area contributed by atoms with Gasteiger partial charge in [-0.05, 0) is 42.0 Å². The summed E-state index contributed by atoms with van der Waals surface area (Å²) in [5.41, 5.74) is 1.90. The van der Waals surface area contributed by atoms with Crippen LogP contribution in [0.1, 0.15) is 15.9 Å². The van der Waals surface area contributed by atoms with Crippen molar-refractivity contribution >= 4 is 23.5 Å². The number of benzene rings is 2. The number of carbonyl (C=O) groups is 2. The number of ketones is 1. The van der Waals surface area contributed by atoms with Gasteiger partial charge in [0.1, 0.15) is 11.5 Å². The third kappa shape index (κ3) is 3.40. The maximum Gasteiger partial charge on any atom is 0.262 e. The molecule has 0 aliphatic carbocycles. The van der Waals surface area contributed by atoms with Crippen LogP contribution in [-0.4, -0.2) is 25.4 Å². The Labute approximate surface area is 133 Å². The van der Waals surface area contributed by atoms with Gasteiger partial charge in [-0.3, -0.25) is 9.59 Å². The fourth-order valence-electron chi connectivity index (χ4n) is 2.22. The lowest BCUT2D eigenvalue weighted by Gasteiger charge is -2.17. The third-order valence-corrected chi connectivity index (χ3v) is 3.44. The fourth-order valence-corrected chi connectivity index (χ4v) is 2.22. The normalized spacial score (nSPS) is 13.2. The predicted molar refractivity (Wildman–Crippen MR) is 86.9 cm³/mol. The number of ether oxygens (including phenoxy) is 2. The molecule has 0 atom stereocenters. The van der Waals surface area contributed by atoms with Crippen LogP contribution in [0.25, 0.3) is 6.08 Å².